The minimum absolute atomic E-state index is 0.0509. The van der Waals surface area contributed by atoms with Crippen LogP contribution >= 0.6 is 0 Å². The maximum absolute atomic E-state index is 12.2. The summed E-state index contributed by atoms with van der Waals surface area (Å²) in [6.07, 6.45) is 6.57. The fraction of sp³-hybridized carbons (Fsp3) is 0.429. The second-order valence-corrected chi connectivity index (χ2v) is 4.35. The number of carbonyl (C=O) groups excluding carboxylic acids is 2. The van der Waals surface area contributed by atoms with Crippen molar-refractivity contribution < 1.29 is 9.59 Å². The molecule has 18 heavy (non-hydrogen) atoms. The first kappa shape index (κ1) is 14.2. The van der Waals surface area contributed by atoms with Crippen molar-refractivity contribution in [3.8, 4) is 0 Å². The Hall–Kier alpha value is -1.84. The van der Waals surface area contributed by atoms with Crippen LogP contribution in [-0.2, 0) is 9.59 Å². The van der Waals surface area contributed by atoms with Gasteiger partial charge in [-0.2, -0.15) is 0 Å². The Morgan fingerprint density at radius 3 is 2.67 bits per heavy atom. The number of nitrogens with one attached hydrogen (secondary N) is 1. The van der Waals surface area contributed by atoms with Gasteiger partial charge in [0.1, 0.15) is 0 Å². The van der Waals surface area contributed by atoms with E-state index >= 15 is 0 Å². The SMILES string of the molecule is C=C/C=C(\C=C)C(=O)N1CCCC(NC(C)=O)C1. The fourth-order valence-corrected chi connectivity index (χ4v) is 2.10. The summed E-state index contributed by atoms with van der Waals surface area (Å²) in [6, 6.07) is 0.0509. The highest BCUT2D eigenvalue weighted by molar-refractivity contribution is 5.96. The minimum Gasteiger partial charge on any atom is -0.352 e. The van der Waals surface area contributed by atoms with E-state index in [4.69, 9.17) is 0 Å². The topological polar surface area (TPSA) is 49.4 Å². The first-order valence-corrected chi connectivity index (χ1v) is 6.10. The van der Waals surface area contributed by atoms with Crippen molar-refractivity contribution in [3.63, 3.8) is 0 Å². The van der Waals surface area contributed by atoms with Crippen LogP contribution in [0.4, 0.5) is 0 Å². The molecule has 1 atom stereocenters. The third kappa shape index (κ3) is 3.87. The van der Waals surface area contributed by atoms with Gasteiger partial charge in [0, 0.05) is 31.6 Å². The number of rotatable bonds is 4. The van der Waals surface area contributed by atoms with Gasteiger partial charge in [-0.25, -0.2) is 0 Å². The molecule has 1 unspecified atom stereocenters. The maximum Gasteiger partial charge on any atom is 0.253 e. The molecule has 0 saturated carbocycles. The standard InChI is InChI=1S/C14H20N2O2/c1-4-7-12(5-2)14(18)16-9-6-8-13(10-16)15-11(3)17/h4-5,7,13H,1-2,6,8-10H2,3H3,(H,15,17)/b12-7+. The summed E-state index contributed by atoms with van der Waals surface area (Å²) < 4.78 is 0. The zero-order valence-corrected chi connectivity index (χ0v) is 10.8. The molecule has 4 heteroatoms. The highest BCUT2D eigenvalue weighted by Gasteiger charge is 2.24. The smallest absolute Gasteiger partial charge is 0.253 e. The van der Waals surface area contributed by atoms with E-state index in [1.165, 1.54) is 13.0 Å². The normalized spacial score (nSPS) is 20.2. The van der Waals surface area contributed by atoms with Crippen LogP contribution in [0.5, 0.6) is 0 Å². The first-order chi connectivity index (χ1) is 8.58. The number of nitrogens with zero attached hydrogens (tertiary/aromatic N) is 1. The number of hydrogen-bond acceptors (Lipinski definition) is 2. The Kier molecular flexibility index (Phi) is 5.36. The molecule has 1 rings (SSSR count). The Labute approximate surface area is 108 Å². The molecule has 2 amide bonds. The molecule has 1 saturated heterocycles. The fourth-order valence-electron chi connectivity index (χ4n) is 2.10. The lowest BCUT2D eigenvalue weighted by Gasteiger charge is -2.33. The molecule has 4 nitrogen and oxygen atoms in total. The molecule has 0 bridgehead atoms. The highest BCUT2D eigenvalue weighted by atomic mass is 16.2. The van der Waals surface area contributed by atoms with E-state index in [1.54, 1.807) is 17.1 Å². The van der Waals surface area contributed by atoms with Crippen LogP contribution in [0.2, 0.25) is 0 Å². The molecule has 0 aliphatic carbocycles. The monoisotopic (exact) mass is 248 g/mol. The highest BCUT2D eigenvalue weighted by Crippen LogP contribution is 2.13. The molecule has 1 aliphatic rings. The van der Waals surface area contributed by atoms with Crippen LogP contribution < -0.4 is 5.32 Å². The Bertz CT molecular complexity index is 385. The second-order valence-electron chi connectivity index (χ2n) is 4.35. The molecule has 1 fully saturated rings. The molecule has 0 spiro atoms. The van der Waals surface area contributed by atoms with Crippen molar-refractivity contribution in [1.29, 1.82) is 0 Å². The maximum atomic E-state index is 12.2. The summed E-state index contributed by atoms with van der Waals surface area (Å²) >= 11 is 0. The molecule has 1 heterocycles. The van der Waals surface area contributed by atoms with Gasteiger partial charge in [-0.05, 0) is 12.8 Å². The van der Waals surface area contributed by atoms with E-state index in [0.29, 0.717) is 12.1 Å². The zero-order valence-electron chi connectivity index (χ0n) is 10.8. The van der Waals surface area contributed by atoms with Gasteiger partial charge in [-0.1, -0.05) is 31.4 Å². The quantitative estimate of drug-likeness (QED) is 0.604. The van der Waals surface area contributed by atoms with Gasteiger partial charge < -0.3 is 10.2 Å². The van der Waals surface area contributed by atoms with Gasteiger partial charge in [0.05, 0.1) is 0 Å². The average molecular weight is 248 g/mol. The van der Waals surface area contributed by atoms with E-state index in [2.05, 4.69) is 18.5 Å². The summed E-state index contributed by atoms with van der Waals surface area (Å²) in [6.45, 7) is 9.98. The molecule has 1 N–H and O–H groups in total. The number of amides is 2. The summed E-state index contributed by atoms with van der Waals surface area (Å²) in [5.74, 6) is -0.111. The number of likely N-dealkylation sites (tertiary alicyclic amines) is 1. The van der Waals surface area contributed by atoms with Gasteiger partial charge in [-0.3, -0.25) is 9.59 Å². The molecule has 0 radical (unpaired) electrons. The lowest BCUT2D eigenvalue weighted by molar-refractivity contribution is -0.129. The molecular formula is C14H20N2O2. The van der Waals surface area contributed by atoms with Gasteiger partial charge in [0.15, 0.2) is 0 Å². The van der Waals surface area contributed by atoms with E-state index in [9.17, 15) is 9.59 Å². The van der Waals surface area contributed by atoms with Crippen molar-refractivity contribution in [2.24, 2.45) is 0 Å². The molecule has 1 aliphatic heterocycles. The summed E-state index contributed by atoms with van der Waals surface area (Å²) in [7, 11) is 0. The van der Waals surface area contributed by atoms with E-state index < -0.39 is 0 Å². The van der Waals surface area contributed by atoms with E-state index in [-0.39, 0.29) is 17.9 Å². The van der Waals surface area contributed by atoms with Gasteiger partial charge in [-0.15, -0.1) is 0 Å². The molecule has 0 aromatic heterocycles. The Morgan fingerprint density at radius 1 is 1.39 bits per heavy atom. The average Bonchev–Trinajstić information content (AvgIpc) is 2.34. The zero-order chi connectivity index (χ0) is 13.5. The number of allylic oxidation sites excluding steroid dienone is 2. The van der Waals surface area contributed by atoms with Crippen molar-refractivity contribution in [1.82, 2.24) is 10.2 Å². The van der Waals surface area contributed by atoms with Crippen LogP contribution in [0, 0.1) is 0 Å². The van der Waals surface area contributed by atoms with E-state index in [0.717, 1.165) is 19.4 Å². The molecular weight excluding hydrogens is 228 g/mol. The van der Waals surface area contributed by atoms with Crippen LogP contribution in [0.1, 0.15) is 19.8 Å². The van der Waals surface area contributed by atoms with Gasteiger partial charge in [0.25, 0.3) is 5.91 Å². The third-order valence-electron chi connectivity index (χ3n) is 2.88. The lowest BCUT2D eigenvalue weighted by Crippen LogP contribution is -2.49. The van der Waals surface area contributed by atoms with Gasteiger partial charge in [0.2, 0.25) is 5.91 Å². The number of piperidine rings is 1. The second kappa shape index (κ2) is 6.79. The number of carbonyl (C=O) groups is 2. The molecule has 0 aromatic rings. The number of hydrogen-bond donors (Lipinski definition) is 1. The van der Waals surface area contributed by atoms with Crippen LogP contribution in [0.15, 0.2) is 37.0 Å². The predicted octanol–water partition coefficient (Wildman–Crippen LogP) is 1.41. The Morgan fingerprint density at radius 2 is 2.11 bits per heavy atom. The lowest BCUT2D eigenvalue weighted by atomic mass is 10.0. The summed E-state index contributed by atoms with van der Waals surface area (Å²) in [4.78, 5) is 25.0. The summed E-state index contributed by atoms with van der Waals surface area (Å²) in [5, 5.41) is 2.86. The minimum atomic E-state index is -0.0557. The molecule has 98 valence electrons. The predicted molar refractivity (Wildman–Crippen MR) is 71.9 cm³/mol. The van der Waals surface area contributed by atoms with E-state index in [1.807, 2.05) is 0 Å². The van der Waals surface area contributed by atoms with Crippen LogP contribution in [-0.4, -0.2) is 35.8 Å². The van der Waals surface area contributed by atoms with Crippen molar-refractivity contribution >= 4 is 11.8 Å². The van der Waals surface area contributed by atoms with Gasteiger partial charge >= 0.3 is 0 Å². The van der Waals surface area contributed by atoms with Crippen molar-refractivity contribution in [2.75, 3.05) is 13.1 Å². The van der Waals surface area contributed by atoms with Crippen LogP contribution in [0.25, 0.3) is 0 Å². The summed E-state index contributed by atoms with van der Waals surface area (Å²) in [5.41, 5.74) is 0.536. The molecule has 0 aromatic carbocycles. The Balaban J connectivity index is 2.68. The van der Waals surface area contributed by atoms with Crippen molar-refractivity contribution in [2.45, 2.75) is 25.8 Å². The third-order valence-corrected chi connectivity index (χ3v) is 2.88. The first-order valence-electron chi connectivity index (χ1n) is 6.10. The largest absolute Gasteiger partial charge is 0.352 e. The van der Waals surface area contributed by atoms with Crippen molar-refractivity contribution in [3.05, 3.63) is 37.0 Å². The van der Waals surface area contributed by atoms with Crippen LogP contribution in [0.3, 0.4) is 0 Å².